The Morgan fingerprint density at radius 3 is 2.43 bits per heavy atom. The summed E-state index contributed by atoms with van der Waals surface area (Å²) in [5.41, 5.74) is 0.519. The van der Waals surface area contributed by atoms with Gasteiger partial charge in [0.1, 0.15) is 5.82 Å². The first-order chi connectivity index (χ1) is 14.3. The summed E-state index contributed by atoms with van der Waals surface area (Å²) in [7, 11) is 2.49. The van der Waals surface area contributed by atoms with Crippen LogP contribution in [-0.4, -0.2) is 52.6 Å². The van der Waals surface area contributed by atoms with E-state index in [1.807, 2.05) is 18.4 Å². The SMILES string of the molecule is CCCn1c(SCC(=O)Nc2cc(C(=O)OC)ccc2C(=O)OC)nnc1C(C)C. The molecule has 1 aromatic carbocycles. The van der Waals surface area contributed by atoms with Gasteiger partial charge in [-0.3, -0.25) is 4.79 Å². The fourth-order valence-electron chi connectivity index (χ4n) is 2.76. The van der Waals surface area contributed by atoms with Crippen LogP contribution >= 0.6 is 11.8 Å². The summed E-state index contributed by atoms with van der Waals surface area (Å²) in [5, 5.41) is 11.8. The molecular weight excluding hydrogens is 408 g/mol. The van der Waals surface area contributed by atoms with E-state index >= 15 is 0 Å². The minimum absolute atomic E-state index is 0.0585. The third-order valence-corrected chi connectivity index (χ3v) is 5.13. The summed E-state index contributed by atoms with van der Waals surface area (Å²) in [5.74, 6) is -0.411. The van der Waals surface area contributed by atoms with Crippen LogP contribution in [0.3, 0.4) is 0 Å². The summed E-state index contributed by atoms with van der Waals surface area (Å²) in [6, 6.07) is 4.23. The zero-order valence-corrected chi connectivity index (χ0v) is 18.5. The standard InChI is InChI=1S/C20H26N4O5S/c1-6-9-24-17(12(2)3)22-23-20(24)30-11-16(25)21-15-10-13(18(26)28-4)7-8-14(15)19(27)29-5/h7-8,10,12H,6,9,11H2,1-5H3,(H,21,25). The summed E-state index contributed by atoms with van der Waals surface area (Å²) in [4.78, 5) is 36.4. The molecule has 0 atom stereocenters. The van der Waals surface area contributed by atoms with Gasteiger partial charge in [0.15, 0.2) is 5.16 Å². The Kier molecular flexibility index (Phi) is 8.40. The van der Waals surface area contributed by atoms with Crippen molar-refractivity contribution in [2.24, 2.45) is 0 Å². The maximum absolute atomic E-state index is 12.6. The number of ether oxygens (including phenoxy) is 2. The number of esters is 2. The number of amides is 1. The molecule has 1 heterocycles. The van der Waals surface area contributed by atoms with Crippen LogP contribution < -0.4 is 5.32 Å². The maximum Gasteiger partial charge on any atom is 0.339 e. The molecule has 0 saturated carbocycles. The molecule has 162 valence electrons. The Bertz CT molecular complexity index is 926. The van der Waals surface area contributed by atoms with Gasteiger partial charge in [-0.05, 0) is 24.6 Å². The molecule has 2 rings (SSSR count). The van der Waals surface area contributed by atoms with Crippen LogP contribution in [0.15, 0.2) is 23.4 Å². The van der Waals surface area contributed by atoms with Crippen LogP contribution in [0.2, 0.25) is 0 Å². The number of aromatic nitrogens is 3. The van der Waals surface area contributed by atoms with E-state index < -0.39 is 11.9 Å². The normalized spacial score (nSPS) is 10.7. The molecule has 1 amide bonds. The second-order valence-electron chi connectivity index (χ2n) is 6.73. The van der Waals surface area contributed by atoms with Crippen LogP contribution in [0.25, 0.3) is 0 Å². The van der Waals surface area contributed by atoms with E-state index in [2.05, 4.69) is 22.4 Å². The van der Waals surface area contributed by atoms with Crippen molar-refractivity contribution in [1.82, 2.24) is 14.8 Å². The first kappa shape index (κ1) is 23.4. The van der Waals surface area contributed by atoms with Crippen molar-refractivity contribution in [3.05, 3.63) is 35.2 Å². The van der Waals surface area contributed by atoms with E-state index in [1.165, 1.54) is 44.2 Å². The molecule has 2 aromatic rings. The van der Waals surface area contributed by atoms with Crippen LogP contribution in [0.5, 0.6) is 0 Å². The highest BCUT2D eigenvalue weighted by Gasteiger charge is 2.19. The predicted molar refractivity (Wildman–Crippen MR) is 113 cm³/mol. The number of carbonyl (C=O) groups is 3. The first-order valence-corrected chi connectivity index (χ1v) is 10.5. The lowest BCUT2D eigenvalue weighted by atomic mass is 10.1. The van der Waals surface area contributed by atoms with Crippen molar-refractivity contribution in [2.75, 3.05) is 25.3 Å². The molecule has 30 heavy (non-hydrogen) atoms. The van der Waals surface area contributed by atoms with Crippen molar-refractivity contribution in [3.8, 4) is 0 Å². The van der Waals surface area contributed by atoms with Gasteiger partial charge in [0.2, 0.25) is 5.91 Å². The van der Waals surface area contributed by atoms with Crippen molar-refractivity contribution in [1.29, 1.82) is 0 Å². The molecule has 1 N–H and O–H groups in total. The number of benzene rings is 1. The lowest BCUT2D eigenvalue weighted by Gasteiger charge is -2.12. The van der Waals surface area contributed by atoms with Crippen LogP contribution in [0, 0.1) is 0 Å². The Morgan fingerprint density at radius 1 is 1.13 bits per heavy atom. The van der Waals surface area contributed by atoms with Crippen molar-refractivity contribution >= 4 is 35.3 Å². The van der Waals surface area contributed by atoms with Gasteiger partial charge >= 0.3 is 11.9 Å². The molecule has 0 bridgehead atoms. The summed E-state index contributed by atoms with van der Waals surface area (Å²) < 4.78 is 11.5. The van der Waals surface area contributed by atoms with Crippen molar-refractivity contribution in [2.45, 2.75) is 44.8 Å². The smallest absolute Gasteiger partial charge is 0.339 e. The topological polar surface area (TPSA) is 112 Å². The first-order valence-electron chi connectivity index (χ1n) is 9.48. The third-order valence-electron chi connectivity index (χ3n) is 4.16. The maximum atomic E-state index is 12.6. The van der Waals surface area contributed by atoms with Gasteiger partial charge in [0.05, 0.1) is 36.8 Å². The second kappa shape index (κ2) is 10.8. The number of carbonyl (C=O) groups excluding carboxylic acids is 3. The fourth-order valence-corrected chi connectivity index (χ4v) is 3.54. The molecule has 1 aromatic heterocycles. The molecule has 0 aliphatic rings. The largest absolute Gasteiger partial charge is 0.465 e. The molecule has 0 spiro atoms. The van der Waals surface area contributed by atoms with Crippen LogP contribution in [0.4, 0.5) is 5.69 Å². The van der Waals surface area contributed by atoms with Gasteiger partial charge < -0.3 is 19.4 Å². The Balaban J connectivity index is 2.18. The number of thioether (sulfide) groups is 1. The van der Waals surface area contributed by atoms with Crippen molar-refractivity contribution in [3.63, 3.8) is 0 Å². The van der Waals surface area contributed by atoms with Crippen LogP contribution in [-0.2, 0) is 20.8 Å². The molecule has 0 unspecified atom stereocenters. The van der Waals surface area contributed by atoms with Gasteiger partial charge in [0, 0.05) is 12.5 Å². The average molecular weight is 435 g/mol. The van der Waals surface area contributed by atoms with Gasteiger partial charge in [-0.25, -0.2) is 9.59 Å². The molecule has 0 radical (unpaired) electrons. The van der Waals surface area contributed by atoms with E-state index in [-0.39, 0.29) is 34.4 Å². The lowest BCUT2D eigenvalue weighted by Crippen LogP contribution is -2.18. The van der Waals surface area contributed by atoms with Crippen LogP contribution in [0.1, 0.15) is 59.7 Å². The quantitative estimate of drug-likeness (QED) is 0.473. The van der Waals surface area contributed by atoms with Gasteiger partial charge in [-0.2, -0.15) is 0 Å². The highest BCUT2D eigenvalue weighted by atomic mass is 32.2. The lowest BCUT2D eigenvalue weighted by molar-refractivity contribution is -0.113. The molecule has 0 saturated heterocycles. The summed E-state index contributed by atoms with van der Waals surface area (Å²) in [6.07, 6.45) is 0.917. The molecule has 0 fully saturated rings. The number of rotatable bonds is 9. The highest BCUT2D eigenvalue weighted by Crippen LogP contribution is 2.23. The molecule has 0 aliphatic heterocycles. The zero-order valence-electron chi connectivity index (χ0n) is 17.7. The minimum Gasteiger partial charge on any atom is -0.465 e. The van der Waals surface area contributed by atoms with Gasteiger partial charge in [-0.15, -0.1) is 10.2 Å². The van der Waals surface area contributed by atoms with E-state index in [0.717, 1.165) is 18.8 Å². The highest BCUT2D eigenvalue weighted by molar-refractivity contribution is 7.99. The number of hydrogen-bond acceptors (Lipinski definition) is 8. The molecule has 10 heteroatoms. The van der Waals surface area contributed by atoms with E-state index in [9.17, 15) is 14.4 Å². The number of anilines is 1. The summed E-state index contributed by atoms with van der Waals surface area (Å²) >= 11 is 1.26. The number of nitrogens with zero attached hydrogens (tertiary/aromatic N) is 3. The number of nitrogens with one attached hydrogen (secondary N) is 1. The fraction of sp³-hybridized carbons (Fsp3) is 0.450. The number of hydrogen-bond donors (Lipinski definition) is 1. The molecule has 0 aliphatic carbocycles. The Labute approximate surface area is 179 Å². The number of methoxy groups -OCH3 is 2. The molecule has 9 nitrogen and oxygen atoms in total. The molecular formula is C20H26N4O5S. The van der Waals surface area contributed by atoms with Gasteiger partial charge in [-0.1, -0.05) is 32.5 Å². The van der Waals surface area contributed by atoms with E-state index in [4.69, 9.17) is 9.47 Å². The second-order valence-corrected chi connectivity index (χ2v) is 7.67. The van der Waals surface area contributed by atoms with Crippen molar-refractivity contribution < 1.29 is 23.9 Å². The Hall–Kier alpha value is -2.88. The minimum atomic E-state index is -0.626. The monoisotopic (exact) mass is 434 g/mol. The van der Waals surface area contributed by atoms with Gasteiger partial charge in [0.25, 0.3) is 0 Å². The van der Waals surface area contributed by atoms with E-state index in [1.54, 1.807) is 0 Å². The zero-order chi connectivity index (χ0) is 22.3. The third kappa shape index (κ3) is 5.59. The van der Waals surface area contributed by atoms with E-state index in [0.29, 0.717) is 5.16 Å². The predicted octanol–water partition coefficient (Wildman–Crippen LogP) is 3.12. The average Bonchev–Trinajstić information content (AvgIpc) is 3.14. The Morgan fingerprint density at radius 2 is 1.83 bits per heavy atom. The summed E-state index contributed by atoms with van der Waals surface area (Å²) in [6.45, 7) is 6.91.